The first kappa shape index (κ1) is 14.6. The highest BCUT2D eigenvalue weighted by Gasteiger charge is 2.47. The lowest BCUT2D eigenvalue weighted by Gasteiger charge is -2.48. The molecular formula is C19H26N2. The van der Waals surface area contributed by atoms with Crippen molar-refractivity contribution in [2.24, 2.45) is 5.92 Å². The molecule has 1 heterocycles. The summed E-state index contributed by atoms with van der Waals surface area (Å²) >= 11 is 0. The Bertz CT molecular complexity index is 514. The van der Waals surface area contributed by atoms with Crippen LogP contribution < -0.4 is 5.32 Å². The second kappa shape index (κ2) is 5.83. The fourth-order valence-electron chi connectivity index (χ4n) is 3.75. The summed E-state index contributed by atoms with van der Waals surface area (Å²) in [6.45, 7) is 6.63. The average molecular weight is 282 g/mol. The fraction of sp³-hybridized carbons (Fsp3) is 0.579. The van der Waals surface area contributed by atoms with Crippen LogP contribution in [0.1, 0.15) is 44.7 Å². The van der Waals surface area contributed by atoms with Gasteiger partial charge in [0.05, 0.1) is 6.04 Å². The van der Waals surface area contributed by atoms with Gasteiger partial charge in [0.2, 0.25) is 0 Å². The summed E-state index contributed by atoms with van der Waals surface area (Å²) in [4.78, 5) is 2.56. The van der Waals surface area contributed by atoms with E-state index in [1.54, 1.807) is 0 Å². The Labute approximate surface area is 128 Å². The van der Waals surface area contributed by atoms with Crippen molar-refractivity contribution in [1.82, 2.24) is 10.2 Å². The number of piperazine rings is 1. The van der Waals surface area contributed by atoms with Crippen LogP contribution in [0.4, 0.5) is 0 Å². The third-order valence-corrected chi connectivity index (χ3v) is 5.25. The Morgan fingerprint density at radius 3 is 2.67 bits per heavy atom. The predicted molar refractivity (Wildman–Crippen MR) is 87.9 cm³/mol. The molecule has 112 valence electrons. The van der Waals surface area contributed by atoms with Gasteiger partial charge in [0.1, 0.15) is 0 Å². The van der Waals surface area contributed by atoms with Crippen molar-refractivity contribution in [3.05, 3.63) is 35.9 Å². The maximum absolute atomic E-state index is 5.82. The lowest BCUT2D eigenvalue weighted by Crippen LogP contribution is -2.62. The van der Waals surface area contributed by atoms with Crippen LogP contribution in [0.2, 0.25) is 0 Å². The van der Waals surface area contributed by atoms with Crippen LogP contribution >= 0.6 is 0 Å². The molecular weight excluding hydrogens is 256 g/mol. The monoisotopic (exact) mass is 282 g/mol. The van der Waals surface area contributed by atoms with Crippen LogP contribution in [0.5, 0.6) is 0 Å². The molecule has 0 radical (unpaired) electrons. The second-order valence-electron chi connectivity index (χ2n) is 6.76. The Kier molecular flexibility index (Phi) is 4.06. The highest BCUT2D eigenvalue weighted by Crippen LogP contribution is 2.43. The summed E-state index contributed by atoms with van der Waals surface area (Å²) in [7, 11) is 0. The van der Waals surface area contributed by atoms with Crippen molar-refractivity contribution in [2.45, 2.75) is 50.7 Å². The summed E-state index contributed by atoms with van der Waals surface area (Å²) in [5, 5.41) is 3.83. The molecule has 1 saturated heterocycles. The molecule has 3 atom stereocenters. The summed E-state index contributed by atoms with van der Waals surface area (Å²) in [5.74, 6) is 3.84. The molecule has 1 aliphatic carbocycles. The van der Waals surface area contributed by atoms with Gasteiger partial charge < -0.3 is 5.32 Å². The Morgan fingerprint density at radius 2 is 2.10 bits per heavy atom. The van der Waals surface area contributed by atoms with Gasteiger partial charge in [0.25, 0.3) is 0 Å². The average Bonchev–Trinajstić information content (AvgIpc) is 3.35. The molecule has 0 bridgehead atoms. The van der Waals surface area contributed by atoms with Crippen molar-refractivity contribution < 1.29 is 0 Å². The van der Waals surface area contributed by atoms with E-state index in [0.29, 0.717) is 6.04 Å². The summed E-state index contributed by atoms with van der Waals surface area (Å²) in [5.41, 5.74) is 1.60. The first-order valence-electron chi connectivity index (χ1n) is 8.20. The zero-order valence-electron chi connectivity index (χ0n) is 13.2. The number of hydrogen-bond acceptors (Lipinski definition) is 2. The summed E-state index contributed by atoms with van der Waals surface area (Å²) in [6, 6.07) is 11.4. The number of nitrogens with zero attached hydrogens (tertiary/aromatic N) is 1. The molecule has 1 aliphatic heterocycles. The number of benzene rings is 1. The highest BCUT2D eigenvalue weighted by atomic mass is 15.3. The second-order valence-corrected chi connectivity index (χ2v) is 6.76. The first-order valence-corrected chi connectivity index (χ1v) is 8.20. The van der Waals surface area contributed by atoms with Gasteiger partial charge in [-0.1, -0.05) is 43.2 Å². The van der Waals surface area contributed by atoms with Crippen molar-refractivity contribution >= 4 is 0 Å². The molecule has 0 aromatic heterocycles. The van der Waals surface area contributed by atoms with Crippen LogP contribution in [0.3, 0.4) is 0 Å². The van der Waals surface area contributed by atoms with E-state index in [1.807, 2.05) is 0 Å². The molecule has 1 aromatic rings. The largest absolute Gasteiger partial charge is 0.308 e. The van der Waals surface area contributed by atoms with Gasteiger partial charge in [-0.3, -0.25) is 4.90 Å². The lowest BCUT2D eigenvalue weighted by atomic mass is 9.87. The molecule has 21 heavy (non-hydrogen) atoms. The van der Waals surface area contributed by atoms with E-state index in [0.717, 1.165) is 25.4 Å². The van der Waals surface area contributed by atoms with E-state index in [9.17, 15) is 0 Å². The Morgan fingerprint density at radius 1 is 1.38 bits per heavy atom. The normalized spacial score (nSPS) is 31.6. The molecule has 0 spiro atoms. The van der Waals surface area contributed by atoms with E-state index >= 15 is 0 Å². The molecule has 1 aromatic carbocycles. The van der Waals surface area contributed by atoms with E-state index < -0.39 is 0 Å². The number of rotatable bonds is 4. The van der Waals surface area contributed by atoms with Crippen molar-refractivity contribution in [2.75, 3.05) is 13.1 Å². The van der Waals surface area contributed by atoms with Gasteiger partial charge in [-0.2, -0.15) is 0 Å². The fourth-order valence-corrected chi connectivity index (χ4v) is 3.75. The Hall–Kier alpha value is -1.30. The van der Waals surface area contributed by atoms with Crippen molar-refractivity contribution in [3.63, 3.8) is 0 Å². The predicted octanol–water partition coefficient (Wildman–Crippen LogP) is 3.21. The van der Waals surface area contributed by atoms with Gasteiger partial charge in [0, 0.05) is 24.7 Å². The van der Waals surface area contributed by atoms with E-state index in [2.05, 4.69) is 60.3 Å². The Balaban J connectivity index is 1.87. The SMILES string of the molecule is C#CC(CC)N1CC(C)(C2CC2)NCC1c1ccccc1. The van der Waals surface area contributed by atoms with Gasteiger partial charge >= 0.3 is 0 Å². The quantitative estimate of drug-likeness (QED) is 0.853. The van der Waals surface area contributed by atoms with E-state index in [4.69, 9.17) is 6.42 Å². The van der Waals surface area contributed by atoms with E-state index in [1.165, 1.54) is 18.4 Å². The third-order valence-electron chi connectivity index (χ3n) is 5.25. The minimum Gasteiger partial charge on any atom is -0.308 e. The molecule has 3 unspecified atom stereocenters. The van der Waals surface area contributed by atoms with Gasteiger partial charge in [-0.15, -0.1) is 6.42 Å². The molecule has 1 saturated carbocycles. The van der Waals surface area contributed by atoms with Gasteiger partial charge in [0.15, 0.2) is 0 Å². The first-order chi connectivity index (χ1) is 10.2. The zero-order valence-corrected chi connectivity index (χ0v) is 13.2. The van der Waals surface area contributed by atoms with Crippen LogP contribution in [0, 0.1) is 18.3 Å². The molecule has 0 amide bonds. The molecule has 3 rings (SSSR count). The minimum atomic E-state index is 0.232. The van der Waals surface area contributed by atoms with Gasteiger partial charge in [-0.25, -0.2) is 0 Å². The van der Waals surface area contributed by atoms with Crippen LogP contribution in [-0.2, 0) is 0 Å². The standard InChI is InChI=1S/C19H26N2/c1-4-17(5-2)21-14-19(3,16-11-12-16)20-13-18(21)15-9-7-6-8-10-15/h1,6-10,16-18,20H,5,11-14H2,2-3H3. The minimum absolute atomic E-state index is 0.232. The topological polar surface area (TPSA) is 15.3 Å². The highest BCUT2D eigenvalue weighted by molar-refractivity contribution is 5.23. The number of hydrogen-bond donors (Lipinski definition) is 1. The molecule has 1 N–H and O–H groups in total. The van der Waals surface area contributed by atoms with Crippen LogP contribution in [-0.4, -0.2) is 29.6 Å². The third kappa shape index (κ3) is 2.86. The number of nitrogens with one attached hydrogen (secondary N) is 1. The van der Waals surface area contributed by atoms with Crippen LogP contribution in [0.25, 0.3) is 0 Å². The van der Waals surface area contributed by atoms with Gasteiger partial charge in [-0.05, 0) is 37.7 Å². The van der Waals surface area contributed by atoms with E-state index in [-0.39, 0.29) is 11.6 Å². The van der Waals surface area contributed by atoms with Crippen LogP contribution in [0.15, 0.2) is 30.3 Å². The van der Waals surface area contributed by atoms with Crippen molar-refractivity contribution in [3.8, 4) is 12.3 Å². The molecule has 2 heteroatoms. The van der Waals surface area contributed by atoms with Crippen molar-refractivity contribution in [1.29, 1.82) is 0 Å². The maximum Gasteiger partial charge on any atom is 0.0715 e. The molecule has 2 nitrogen and oxygen atoms in total. The maximum atomic E-state index is 5.82. The summed E-state index contributed by atoms with van der Waals surface area (Å²) in [6.07, 6.45) is 9.56. The smallest absolute Gasteiger partial charge is 0.0715 e. The number of terminal acetylenes is 1. The lowest BCUT2D eigenvalue weighted by molar-refractivity contribution is 0.0544. The molecule has 2 aliphatic rings. The molecule has 2 fully saturated rings. The summed E-state index contributed by atoms with van der Waals surface area (Å²) < 4.78 is 0. The zero-order chi connectivity index (χ0) is 14.9.